The van der Waals surface area contributed by atoms with E-state index in [2.05, 4.69) is 0 Å². The van der Waals surface area contributed by atoms with E-state index in [4.69, 9.17) is 25.8 Å². The Morgan fingerprint density at radius 2 is 1.60 bits per heavy atom. The van der Waals surface area contributed by atoms with Crippen molar-refractivity contribution in [2.24, 2.45) is 0 Å². The lowest BCUT2D eigenvalue weighted by Crippen LogP contribution is -2.38. The van der Waals surface area contributed by atoms with E-state index in [9.17, 15) is 22.4 Å². The number of methoxy groups -OCH3 is 3. The van der Waals surface area contributed by atoms with Crippen LogP contribution >= 0.6 is 11.6 Å². The number of carbonyl (C=O) groups excluding carboxylic acids is 1. The summed E-state index contributed by atoms with van der Waals surface area (Å²) in [5.74, 6) is -0.669. The van der Waals surface area contributed by atoms with Gasteiger partial charge in [-0.05, 0) is 54.6 Å². The maximum atomic E-state index is 14.3. The second kappa shape index (κ2) is 11.9. The van der Waals surface area contributed by atoms with E-state index in [-0.39, 0.29) is 24.4 Å². The number of likely N-dealkylation sites (N-methyl/N-ethyl adjacent to an activating group) is 1. The minimum Gasteiger partial charge on any atom is -0.493 e. The van der Waals surface area contributed by atoms with Crippen LogP contribution in [0, 0.1) is 5.82 Å². The fourth-order valence-electron chi connectivity index (χ4n) is 5.12. The summed E-state index contributed by atoms with van der Waals surface area (Å²) < 4.78 is 69.5. The van der Waals surface area contributed by atoms with Crippen LogP contribution < -0.4 is 14.2 Å². The minimum atomic E-state index is -4.77. The zero-order valence-electron chi connectivity index (χ0n) is 22.4. The second-order valence-corrected chi connectivity index (χ2v) is 10.0. The third-order valence-corrected chi connectivity index (χ3v) is 7.38. The van der Waals surface area contributed by atoms with E-state index in [1.165, 1.54) is 27.4 Å². The molecule has 0 spiro atoms. The van der Waals surface area contributed by atoms with Crippen LogP contribution in [0.2, 0.25) is 5.02 Å². The standard InChI is InChI=1S/C29H29ClF4N2O4/c1-35(14-17-5-10-22(23(31)11-17)29(32,33)34)24-16-36(15-21(24)18-6-8-20(30)9-7-18)28(37)19-12-25(38-2)27(40-4)26(13-19)39-3/h5-13,21,24H,14-16H2,1-4H3/t21-,24-/m1/s1. The highest BCUT2D eigenvalue weighted by molar-refractivity contribution is 6.30. The number of ether oxygens (including phenoxy) is 3. The molecule has 6 nitrogen and oxygen atoms in total. The van der Waals surface area contributed by atoms with Crippen molar-refractivity contribution < 1.29 is 36.6 Å². The van der Waals surface area contributed by atoms with E-state index in [0.29, 0.717) is 46.5 Å². The highest BCUT2D eigenvalue weighted by Gasteiger charge is 2.39. The summed E-state index contributed by atoms with van der Waals surface area (Å²) in [6, 6.07) is 13.2. The first-order valence-electron chi connectivity index (χ1n) is 12.4. The second-order valence-electron chi connectivity index (χ2n) is 9.58. The van der Waals surface area contributed by atoms with Crippen molar-refractivity contribution in [2.75, 3.05) is 41.5 Å². The molecule has 0 unspecified atom stereocenters. The third-order valence-electron chi connectivity index (χ3n) is 7.12. The average Bonchev–Trinajstić information content (AvgIpc) is 3.37. The van der Waals surface area contributed by atoms with Crippen molar-refractivity contribution in [3.8, 4) is 17.2 Å². The Morgan fingerprint density at radius 1 is 0.975 bits per heavy atom. The van der Waals surface area contributed by atoms with Gasteiger partial charge in [-0.25, -0.2) is 4.39 Å². The lowest BCUT2D eigenvalue weighted by Gasteiger charge is -2.29. The summed E-state index contributed by atoms with van der Waals surface area (Å²) in [6.07, 6.45) is -4.77. The molecule has 0 bridgehead atoms. The normalized spacial score (nSPS) is 17.3. The van der Waals surface area contributed by atoms with Gasteiger partial charge in [-0.3, -0.25) is 9.69 Å². The Hall–Kier alpha value is -3.50. The number of benzene rings is 3. The van der Waals surface area contributed by atoms with Crippen molar-refractivity contribution in [3.63, 3.8) is 0 Å². The first-order chi connectivity index (χ1) is 19.0. The predicted octanol–water partition coefficient (Wildman–Crippen LogP) is 6.26. The molecule has 0 aliphatic carbocycles. The molecule has 1 amide bonds. The SMILES string of the molecule is COc1cc(C(=O)N2C[C@H](c3ccc(Cl)cc3)[C@H](N(C)Cc3ccc(C(F)(F)F)c(F)c3)C2)cc(OC)c1OC. The highest BCUT2D eigenvalue weighted by Crippen LogP contribution is 2.40. The van der Waals surface area contributed by atoms with Gasteiger partial charge in [0, 0.05) is 42.2 Å². The molecular weight excluding hydrogens is 552 g/mol. The zero-order chi connectivity index (χ0) is 29.2. The Bertz CT molecular complexity index is 1340. The number of hydrogen-bond donors (Lipinski definition) is 0. The highest BCUT2D eigenvalue weighted by atomic mass is 35.5. The Balaban J connectivity index is 1.63. The number of rotatable bonds is 8. The largest absolute Gasteiger partial charge is 0.493 e. The van der Waals surface area contributed by atoms with Crippen molar-refractivity contribution >= 4 is 17.5 Å². The monoisotopic (exact) mass is 580 g/mol. The molecule has 0 N–H and O–H groups in total. The van der Waals surface area contributed by atoms with Crippen LogP contribution in [0.25, 0.3) is 0 Å². The van der Waals surface area contributed by atoms with Crippen LogP contribution in [-0.4, -0.2) is 63.2 Å². The summed E-state index contributed by atoms with van der Waals surface area (Å²) in [7, 11) is 6.21. The van der Waals surface area contributed by atoms with Crippen LogP contribution in [0.4, 0.5) is 17.6 Å². The molecule has 11 heteroatoms. The summed E-state index contributed by atoms with van der Waals surface area (Å²) in [6.45, 7) is 0.867. The molecule has 4 rings (SSSR count). The predicted molar refractivity (Wildman–Crippen MR) is 143 cm³/mol. The first kappa shape index (κ1) is 29.5. The number of amides is 1. The molecular formula is C29H29ClF4N2O4. The van der Waals surface area contributed by atoms with Gasteiger partial charge in [-0.15, -0.1) is 0 Å². The molecule has 1 heterocycles. The molecule has 40 heavy (non-hydrogen) atoms. The number of hydrogen-bond acceptors (Lipinski definition) is 5. The number of nitrogens with zero attached hydrogens (tertiary/aromatic N) is 2. The molecule has 0 radical (unpaired) electrons. The molecule has 1 saturated heterocycles. The fourth-order valence-corrected chi connectivity index (χ4v) is 5.24. The van der Waals surface area contributed by atoms with Crippen LogP contribution in [0.1, 0.15) is 33.0 Å². The molecule has 1 fully saturated rings. The lowest BCUT2D eigenvalue weighted by molar-refractivity contribution is -0.140. The molecule has 3 aromatic carbocycles. The summed E-state index contributed by atoms with van der Waals surface area (Å²) in [5.41, 5.74) is 0.371. The molecule has 0 aromatic heterocycles. The maximum Gasteiger partial charge on any atom is 0.419 e. The summed E-state index contributed by atoms with van der Waals surface area (Å²) >= 11 is 6.10. The van der Waals surface area contributed by atoms with Crippen molar-refractivity contribution in [1.29, 1.82) is 0 Å². The number of alkyl halides is 3. The van der Waals surface area contributed by atoms with Gasteiger partial charge < -0.3 is 19.1 Å². The van der Waals surface area contributed by atoms with E-state index in [0.717, 1.165) is 17.7 Å². The minimum absolute atomic E-state index is 0.146. The number of carbonyl (C=O) groups is 1. The number of likely N-dealkylation sites (tertiary alicyclic amines) is 1. The van der Waals surface area contributed by atoms with Crippen molar-refractivity contribution in [1.82, 2.24) is 9.80 Å². The van der Waals surface area contributed by atoms with Crippen molar-refractivity contribution in [2.45, 2.75) is 24.7 Å². The average molecular weight is 581 g/mol. The van der Waals surface area contributed by atoms with Gasteiger partial charge in [-0.1, -0.05) is 29.8 Å². The maximum absolute atomic E-state index is 14.3. The van der Waals surface area contributed by atoms with Gasteiger partial charge in [0.05, 0.1) is 26.9 Å². The summed E-state index contributed by atoms with van der Waals surface area (Å²) in [5, 5.41) is 0.567. The van der Waals surface area contributed by atoms with E-state index in [1.807, 2.05) is 17.0 Å². The van der Waals surface area contributed by atoms with Crippen molar-refractivity contribution in [3.05, 3.63) is 87.7 Å². The first-order valence-corrected chi connectivity index (χ1v) is 12.7. The van der Waals surface area contributed by atoms with Gasteiger partial charge in [0.2, 0.25) is 5.75 Å². The Morgan fingerprint density at radius 3 is 2.12 bits per heavy atom. The van der Waals surface area contributed by atoms with Crippen LogP contribution in [0.5, 0.6) is 17.2 Å². The summed E-state index contributed by atoms with van der Waals surface area (Å²) in [4.78, 5) is 17.3. The Kier molecular flexibility index (Phi) is 8.80. The van der Waals surface area contributed by atoms with Gasteiger partial charge in [0.15, 0.2) is 11.5 Å². The van der Waals surface area contributed by atoms with E-state index in [1.54, 1.807) is 36.2 Å². The molecule has 3 aromatic rings. The van der Waals surface area contributed by atoms with Gasteiger partial charge in [0.25, 0.3) is 5.91 Å². The Labute approximate surface area is 235 Å². The quantitative estimate of drug-likeness (QED) is 0.294. The topological polar surface area (TPSA) is 51.2 Å². The smallest absolute Gasteiger partial charge is 0.419 e. The van der Waals surface area contributed by atoms with Gasteiger partial charge in [0.1, 0.15) is 5.82 Å². The molecule has 1 aliphatic heterocycles. The molecule has 2 atom stereocenters. The van der Waals surface area contributed by atoms with E-state index < -0.39 is 17.6 Å². The van der Waals surface area contributed by atoms with Gasteiger partial charge >= 0.3 is 6.18 Å². The van der Waals surface area contributed by atoms with Crippen LogP contribution in [0.15, 0.2) is 54.6 Å². The van der Waals surface area contributed by atoms with E-state index >= 15 is 0 Å². The lowest BCUT2D eigenvalue weighted by atomic mass is 9.93. The van der Waals surface area contributed by atoms with Gasteiger partial charge in [-0.2, -0.15) is 13.2 Å². The molecule has 214 valence electrons. The third kappa shape index (κ3) is 6.13. The zero-order valence-corrected chi connectivity index (χ0v) is 23.1. The number of halogens is 5. The van der Waals surface area contributed by atoms with Crippen LogP contribution in [-0.2, 0) is 12.7 Å². The molecule has 0 saturated carbocycles. The fraction of sp³-hybridized carbons (Fsp3) is 0.345. The van der Waals surface area contributed by atoms with Crippen LogP contribution in [0.3, 0.4) is 0 Å². The molecule has 1 aliphatic rings.